The molecule has 0 fully saturated rings. The quantitative estimate of drug-likeness (QED) is 0.863. The van der Waals surface area contributed by atoms with Gasteiger partial charge in [0.1, 0.15) is 5.75 Å². The van der Waals surface area contributed by atoms with Crippen LogP contribution in [0, 0.1) is 0 Å². The number of alkyl halides is 1. The standard InChI is InChI=1S/C15H20BrNO2/c1-15(2,8-9-16)17-14(18)12-7-10-19-13-6-4-3-5-11(12)13/h3-6,12H,7-10H2,1-2H3,(H,17,18). The van der Waals surface area contributed by atoms with Crippen LogP contribution >= 0.6 is 15.9 Å². The number of carbonyl (C=O) groups excluding carboxylic acids is 1. The molecule has 1 unspecified atom stereocenters. The van der Waals surface area contributed by atoms with Crippen LogP contribution in [0.25, 0.3) is 0 Å². The molecule has 0 saturated heterocycles. The van der Waals surface area contributed by atoms with Crippen LogP contribution in [0.5, 0.6) is 5.75 Å². The monoisotopic (exact) mass is 325 g/mol. The average molecular weight is 326 g/mol. The van der Waals surface area contributed by atoms with Gasteiger partial charge in [-0.3, -0.25) is 4.79 Å². The fourth-order valence-electron chi connectivity index (χ4n) is 2.33. The van der Waals surface area contributed by atoms with Gasteiger partial charge in [-0.05, 0) is 32.8 Å². The summed E-state index contributed by atoms with van der Waals surface area (Å²) in [6.45, 7) is 4.71. The predicted octanol–water partition coefficient (Wildman–Crippen LogP) is 3.23. The highest BCUT2D eigenvalue weighted by atomic mass is 79.9. The third kappa shape index (κ3) is 3.50. The summed E-state index contributed by atoms with van der Waals surface area (Å²) in [5.41, 5.74) is 0.814. The van der Waals surface area contributed by atoms with Crippen molar-refractivity contribution in [1.82, 2.24) is 5.32 Å². The second-order valence-corrected chi connectivity index (χ2v) is 6.33. The minimum absolute atomic E-state index is 0.0976. The fourth-order valence-corrected chi connectivity index (χ4v) is 3.33. The summed E-state index contributed by atoms with van der Waals surface area (Å²) in [7, 11) is 0. The largest absolute Gasteiger partial charge is 0.493 e. The first-order chi connectivity index (χ1) is 9.03. The molecule has 0 aliphatic carbocycles. The summed E-state index contributed by atoms with van der Waals surface area (Å²) < 4.78 is 5.59. The molecule has 19 heavy (non-hydrogen) atoms. The Morgan fingerprint density at radius 3 is 2.95 bits per heavy atom. The van der Waals surface area contributed by atoms with Gasteiger partial charge in [-0.2, -0.15) is 0 Å². The Balaban J connectivity index is 2.13. The normalized spacial score (nSPS) is 18.4. The molecule has 0 aromatic heterocycles. The molecule has 1 aliphatic heterocycles. The fraction of sp³-hybridized carbons (Fsp3) is 0.533. The van der Waals surface area contributed by atoms with Crippen LogP contribution in [0.15, 0.2) is 24.3 Å². The number of nitrogens with one attached hydrogen (secondary N) is 1. The van der Waals surface area contributed by atoms with Gasteiger partial charge >= 0.3 is 0 Å². The molecule has 0 radical (unpaired) electrons. The summed E-state index contributed by atoms with van der Waals surface area (Å²) in [6.07, 6.45) is 1.65. The Bertz CT molecular complexity index is 459. The highest BCUT2D eigenvalue weighted by Gasteiger charge is 2.30. The Hall–Kier alpha value is -1.03. The Kier molecular flexibility index (Phi) is 4.50. The number of ether oxygens (including phenoxy) is 1. The molecule has 104 valence electrons. The van der Waals surface area contributed by atoms with Gasteiger partial charge in [0.25, 0.3) is 0 Å². The maximum Gasteiger partial charge on any atom is 0.228 e. The van der Waals surface area contributed by atoms with E-state index in [1.165, 1.54) is 0 Å². The lowest BCUT2D eigenvalue weighted by molar-refractivity contribution is -0.124. The van der Waals surface area contributed by atoms with Crippen molar-refractivity contribution in [2.24, 2.45) is 0 Å². The lowest BCUT2D eigenvalue weighted by Gasteiger charge is -2.30. The molecule has 2 rings (SSSR count). The number of hydrogen-bond donors (Lipinski definition) is 1. The van der Waals surface area contributed by atoms with E-state index in [0.29, 0.717) is 6.61 Å². The minimum Gasteiger partial charge on any atom is -0.493 e. The van der Waals surface area contributed by atoms with E-state index < -0.39 is 0 Å². The maximum absolute atomic E-state index is 12.5. The van der Waals surface area contributed by atoms with Crippen LogP contribution < -0.4 is 10.1 Å². The number of halogens is 1. The summed E-state index contributed by atoms with van der Waals surface area (Å²) in [5, 5.41) is 4.02. The number of carbonyl (C=O) groups is 1. The van der Waals surface area contributed by atoms with E-state index in [4.69, 9.17) is 4.74 Å². The number of rotatable bonds is 4. The van der Waals surface area contributed by atoms with Gasteiger partial charge in [0.05, 0.1) is 12.5 Å². The first kappa shape index (κ1) is 14.4. The lowest BCUT2D eigenvalue weighted by Crippen LogP contribution is -2.46. The molecular weight excluding hydrogens is 306 g/mol. The predicted molar refractivity (Wildman–Crippen MR) is 79.9 cm³/mol. The number of para-hydroxylation sites is 1. The van der Waals surface area contributed by atoms with Crippen molar-refractivity contribution in [2.75, 3.05) is 11.9 Å². The number of amides is 1. The first-order valence-corrected chi connectivity index (χ1v) is 7.75. The van der Waals surface area contributed by atoms with Crippen molar-refractivity contribution in [3.8, 4) is 5.75 Å². The summed E-state index contributed by atoms with van der Waals surface area (Å²) in [4.78, 5) is 12.5. The van der Waals surface area contributed by atoms with E-state index in [1.54, 1.807) is 0 Å². The van der Waals surface area contributed by atoms with Crippen molar-refractivity contribution in [3.63, 3.8) is 0 Å². The first-order valence-electron chi connectivity index (χ1n) is 6.63. The van der Waals surface area contributed by atoms with E-state index in [-0.39, 0.29) is 17.4 Å². The van der Waals surface area contributed by atoms with Gasteiger partial charge < -0.3 is 10.1 Å². The van der Waals surface area contributed by atoms with Gasteiger partial charge in [0.15, 0.2) is 0 Å². The second-order valence-electron chi connectivity index (χ2n) is 5.54. The smallest absolute Gasteiger partial charge is 0.228 e. The molecular formula is C15H20BrNO2. The van der Waals surface area contributed by atoms with Crippen molar-refractivity contribution in [3.05, 3.63) is 29.8 Å². The molecule has 3 nitrogen and oxygen atoms in total. The molecule has 1 atom stereocenters. The van der Waals surface area contributed by atoms with Crippen molar-refractivity contribution < 1.29 is 9.53 Å². The van der Waals surface area contributed by atoms with Crippen molar-refractivity contribution in [2.45, 2.75) is 38.1 Å². The molecule has 1 amide bonds. The van der Waals surface area contributed by atoms with Gasteiger partial charge in [-0.1, -0.05) is 34.1 Å². The number of hydrogen-bond acceptors (Lipinski definition) is 2. The van der Waals surface area contributed by atoms with Crippen LogP contribution in [0.1, 0.15) is 38.2 Å². The van der Waals surface area contributed by atoms with E-state index in [1.807, 2.05) is 24.3 Å². The zero-order chi connectivity index (χ0) is 13.9. The highest BCUT2D eigenvalue weighted by Crippen LogP contribution is 2.33. The van der Waals surface area contributed by atoms with Gasteiger partial charge in [-0.25, -0.2) is 0 Å². The average Bonchev–Trinajstić information content (AvgIpc) is 2.37. The van der Waals surface area contributed by atoms with Crippen LogP contribution in [-0.2, 0) is 4.79 Å². The number of benzene rings is 1. The van der Waals surface area contributed by atoms with E-state index in [2.05, 4.69) is 35.1 Å². The summed E-state index contributed by atoms with van der Waals surface area (Å²) in [6, 6.07) is 7.81. The second kappa shape index (κ2) is 5.95. The van der Waals surface area contributed by atoms with Crippen molar-refractivity contribution >= 4 is 21.8 Å². The van der Waals surface area contributed by atoms with Crippen LogP contribution in [0.3, 0.4) is 0 Å². The molecule has 1 aromatic rings. The van der Waals surface area contributed by atoms with Crippen LogP contribution in [0.4, 0.5) is 0 Å². The highest BCUT2D eigenvalue weighted by molar-refractivity contribution is 9.09. The van der Waals surface area contributed by atoms with Gasteiger partial charge in [-0.15, -0.1) is 0 Å². The van der Waals surface area contributed by atoms with Gasteiger partial charge in [0.2, 0.25) is 5.91 Å². The van der Waals surface area contributed by atoms with E-state index >= 15 is 0 Å². The van der Waals surface area contributed by atoms with Crippen LogP contribution in [-0.4, -0.2) is 23.4 Å². The molecule has 1 heterocycles. The Morgan fingerprint density at radius 2 is 2.21 bits per heavy atom. The Morgan fingerprint density at radius 1 is 1.47 bits per heavy atom. The third-order valence-electron chi connectivity index (χ3n) is 3.46. The minimum atomic E-state index is -0.187. The topological polar surface area (TPSA) is 38.3 Å². The van der Waals surface area contributed by atoms with Crippen LogP contribution in [0.2, 0.25) is 0 Å². The zero-order valence-electron chi connectivity index (χ0n) is 11.4. The molecule has 4 heteroatoms. The molecule has 0 bridgehead atoms. The van der Waals surface area contributed by atoms with Crippen molar-refractivity contribution in [1.29, 1.82) is 0 Å². The molecule has 0 spiro atoms. The van der Waals surface area contributed by atoms with E-state index in [9.17, 15) is 4.79 Å². The molecule has 1 N–H and O–H groups in total. The van der Waals surface area contributed by atoms with E-state index in [0.717, 1.165) is 29.5 Å². The van der Waals surface area contributed by atoms with Gasteiger partial charge in [0, 0.05) is 16.4 Å². The molecule has 1 aliphatic rings. The third-order valence-corrected chi connectivity index (χ3v) is 3.85. The summed E-state index contributed by atoms with van der Waals surface area (Å²) >= 11 is 3.43. The molecule has 1 aromatic carbocycles. The Labute approximate surface area is 122 Å². The molecule has 0 saturated carbocycles. The lowest BCUT2D eigenvalue weighted by atomic mass is 9.91. The SMILES string of the molecule is CC(C)(CCBr)NC(=O)C1CCOc2ccccc21. The number of fused-ring (bicyclic) bond motifs is 1. The summed E-state index contributed by atoms with van der Waals surface area (Å²) in [5.74, 6) is 0.841. The zero-order valence-corrected chi connectivity index (χ0v) is 13.0. The maximum atomic E-state index is 12.5.